The Bertz CT molecular complexity index is 967. The molecule has 162 valence electrons. The van der Waals surface area contributed by atoms with Crippen molar-refractivity contribution in [1.29, 1.82) is 0 Å². The van der Waals surface area contributed by atoms with Crippen molar-refractivity contribution in [3.8, 4) is 0 Å². The minimum Gasteiger partial charge on any atom is -0.378 e. The second kappa shape index (κ2) is 8.87. The molecule has 1 aromatic heterocycles. The standard InChI is InChI=1S/C21H29N5O3S/c1-3-18-4-6-19(7-5-18)30(27,28)26-10-8-24(9-11-26)20-16-21(23-17(2)22-20)25-12-14-29-15-13-25/h4-7,16H,3,8-15H2,1-2H3. The van der Waals surface area contributed by atoms with Gasteiger partial charge in [0.05, 0.1) is 18.1 Å². The van der Waals surface area contributed by atoms with Gasteiger partial charge in [-0.25, -0.2) is 18.4 Å². The van der Waals surface area contributed by atoms with Crippen LogP contribution in [0.25, 0.3) is 0 Å². The van der Waals surface area contributed by atoms with Gasteiger partial charge in [-0.3, -0.25) is 0 Å². The van der Waals surface area contributed by atoms with Gasteiger partial charge in [0.25, 0.3) is 0 Å². The van der Waals surface area contributed by atoms with Crippen LogP contribution in [0.15, 0.2) is 35.2 Å². The van der Waals surface area contributed by atoms with Crippen LogP contribution in [0.1, 0.15) is 18.3 Å². The molecule has 0 radical (unpaired) electrons. The lowest BCUT2D eigenvalue weighted by atomic mass is 10.2. The van der Waals surface area contributed by atoms with Gasteiger partial charge in [-0.2, -0.15) is 4.31 Å². The van der Waals surface area contributed by atoms with E-state index in [1.807, 2.05) is 25.1 Å². The number of hydrogen-bond donors (Lipinski definition) is 0. The fraction of sp³-hybridized carbons (Fsp3) is 0.524. The molecule has 0 bridgehead atoms. The highest BCUT2D eigenvalue weighted by molar-refractivity contribution is 7.89. The lowest BCUT2D eigenvalue weighted by Crippen LogP contribution is -2.49. The normalized spacial score (nSPS) is 18.6. The molecule has 0 N–H and O–H groups in total. The van der Waals surface area contributed by atoms with Crippen molar-refractivity contribution in [3.63, 3.8) is 0 Å². The molecule has 2 aliphatic rings. The quantitative estimate of drug-likeness (QED) is 0.713. The number of aryl methyl sites for hydroxylation is 2. The van der Waals surface area contributed by atoms with Crippen LogP contribution >= 0.6 is 0 Å². The topological polar surface area (TPSA) is 78.9 Å². The van der Waals surface area contributed by atoms with Crippen LogP contribution in [-0.2, 0) is 21.2 Å². The lowest BCUT2D eigenvalue weighted by Gasteiger charge is -2.35. The zero-order valence-electron chi connectivity index (χ0n) is 17.6. The van der Waals surface area contributed by atoms with Crippen LogP contribution in [0.4, 0.5) is 11.6 Å². The summed E-state index contributed by atoms with van der Waals surface area (Å²) in [6.45, 7) is 9.08. The number of aromatic nitrogens is 2. The van der Waals surface area contributed by atoms with Crippen LogP contribution < -0.4 is 9.80 Å². The molecular formula is C21H29N5O3S. The molecule has 2 saturated heterocycles. The Morgan fingerprint density at radius 3 is 2.03 bits per heavy atom. The van der Waals surface area contributed by atoms with E-state index in [1.165, 1.54) is 0 Å². The van der Waals surface area contributed by atoms with Crippen LogP contribution in [-0.4, -0.2) is 75.2 Å². The molecule has 2 aliphatic heterocycles. The number of nitrogens with zero attached hydrogens (tertiary/aromatic N) is 5. The van der Waals surface area contributed by atoms with E-state index in [4.69, 9.17) is 4.74 Å². The molecule has 0 aliphatic carbocycles. The van der Waals surface area contributed by atoms with E-state index in [-0.39, 0.29) is 0 Å². The lowest BCUT2D eigenvalue weighted by molar-refractivity contribution is 0.122. The monoisotopic (exact) mass is 431 g/mol. The number of benzene rings is 1. The maximum absolute atomic E-state index is 13.0. The van der Waals surface area contributed by atoms with Crippen LogP contribution in [0.3, 0.4) is 0 Å². The Hall–Kier alpha value is -2.23. The van der Waals surface area contributed by atoms with Gasteiger partial charge in [0.15, 0.2) is 0 Å². The Morgan fingerprint density at radius 1 is 0.900 bits per heavy atom. The Morgan fingerprint density at radius 2 is 1.47 bits per heavy atom. The van der Waals surface area contributed by atoms with Gasteiger partial charge in [0.2, 0.25) is 10.0 Å². The molecule has 9 heteroatoms. The predicted molar refractivity (Wildman–Crippen MR) is 117 cm³/mol. The highest BCUT2D eigenvalue weighted by Crippen LogP contribution is 2.23. The Labute approximate surface area is 178 Å². The van der Waals surface area contributed by atoms with Crippen LogP contribution in [0, 0.1) is 6.92 Å². The zero-order valence-corrected chi connectivity index (χ0v) is 18.4. The Balaban J connectivity index is 1.45. The third-order valence-corrected chi connectivity index (χ3v) is 7.59. The van der Waals surface area contributed by atoms with E-state index in [0.29, 0.717) is 44.3 Å². The van der Waals surface area contributed by atoms with E-state index < -0.39 is 10.0 Å². The average molecular weight is 432 g/mol. The molecular weight excluding hydrogens is 402 g/mol. The Kier molecular flexibility index (Phi) is 6.21. The molecule has 30 heavy (non-hydrogen) atoms. The highest BCUT2D eigenvalue weighted by Gasteiger charge is 2.29. The van der Waals surface area contributed by atoms with E-state index >= 15 is 0 Å². The zero-order chi connectivity index (χ0) is 21.1. The minimum absolute atomic E-state index is 0.362. The number of sulfonamides is 1. The van der Waals surface area contributed by atoms with Gasteiger partial charge < -0.3 is 14.5 Å². The number of hydrogen-bond acceptors (Lipinski definition) is 7. The first-order chi connectivity index (χ1) is 14.5. The molecule has 4 rings (SSSR count). The maximum Gasteiger partial charge on any atom is 0.243 e. The van der Waals surface area contributed by atoms with Crippen molar-refractivity contribution in [2.45, 2.75) is 25.2 Å². The SMILES string of the molecule is CCc1ccc(S(=O)(=O)N2CCN(c3cc(N4CCOCC4)nc(C)n3)CC2)cc1. The molecule has 0 amide bonds. The van der Waals surface area contributed by atoms with E-state index in [1.54, 1.807) is 16.4 Å². The second-order valence-corrected chi connectivity index (χ2v) is 9.56. The summed E-state index contributed by atoms with van der Waals surface area (Å²) in [5.74, 6) is 2.49. The van der Waals surface area contributed by atoms with Crippen molar-refractivity contribution in [2.75, 3.05) is 62.3 Å². The summed E-state index contributed by atoms with van der Waals surface area (Å²) in [5, 5.41) is 0. The molecule has 0 spiro atoms. The highest BCUT2D eigenvalue weighted by atomic mass is 32.2. The summed E-state index contributed by atoms with van der Waals surface area (Å²) in [6, 6.07) is 9.21. The first-order valence-corrected chi connectivity index (χ1v) is 11.9. The minimum atomic E-state index is -3.47. The number of rotatable bonds is 5. The van der Waals surface area contributed by atoms with E-state index in [2.05, 4.69) is 26.7 Å². The van der Waals surface area contributed by atoms with Gasteiger partial charge in [-0.15, -0.1) is 0 Å². The van der Waals surface area contributed by atoms with Crippen molar-refractivity contribution in [1.82, 2.24) is 14.3 Å². The average Bonchev–Trinajstić information content (AvgIpc) is 2.79. The smallest absolute Gasteiger partial charge is 0.243 e. The third kappa shape index (κ3) is 4.43. The van der Waals surface area contributed by atoms with Crippen molar-refractivity contribution in [3.05, 3.63) is 41.7 Å². The fourth-order valence-electron chi connectivity index (χ4n) is 3.86. The van der Waals surface area contributed by atoms with Crippen molar-refractivity contribution >= 4 is 21.7 Å². The molecule has 0 atom stereocenters. The molecule has 2 fully saturated rings. The van der Waals surface area contributed by atoms with Crippen molar-refractivity contribution < 1.29 is 13.2 Å². The van der Waals surface area contributed by atoms with Gasteiger partial charge >= 0.3 is 0 Å². The number of anilines is 2. The molecule has 3 heterocycles. The predicted octanol–water partition coefficient (Wildman–Crippen LogP) is 1.69. The van der Waals surface area contributed by atoms with Crippen LogP contribution in [0.2, 0.25) is 0 Å². The summed E-state index contributed by atoms with van der Waals surface area (Å²) in [4.78, 5) is 13.9. The first kappa shape index (κ1) is 21.0. The van der Waals surface area contributed by atoms with Crippen LogP contribution in [0.5, 0.6) is 0 Å². The summed E-state index contributed by atoms with van der Waals surface area (Å²) in [6.07, 6.45) is 0.893. The van der Waals surface area contributed by atoms with Gasteiger partial charge in [0, 0.05) is 45.3 Å². The summed E-state index contributed by atoms with van der Waals surface area (Å²) in [7, 11) is -3.47. The number of ether oxygens (including phenoxy) is 1. The molecule has 1 aromatic carbocycles. The van der Waals surface area contributed by atoms with E-state index in [9.17, 15) is 8.42 Å². The number of morpholine rings is 1. The van der Waals surface area contributed by atoms with Gasteiger partial charge in [-0.1, -0.05) is 19.1 Å². The summed E-state index contributed by atoms with van der Waals surface area (Å²) in [5.41, 5.74) is 1.13. The third-order valence-electron chi connectivity index (χ3n) is 5.68. The molecule has 0 unspecified atom stereocenters. The second-order valence-electron chi connectivity index (χ2n) is 7.62. The van der Waals surface area contributed by atoms with Crippen molar-refractivity contribution in [2.24, 2.45) is 0 Å². The summed E-state index contributed by atoms with van der Waals surface area (Å²) < 4.78 is 33.0. The molecule has 0 saturated carbocycles. The largest absolute Gasteiger partial charge is 0.378 e. The summed E-state index contributed by atoms with van der Waals surface area (Å²) >= 11 is 0. The fourth-order valence-corrected chi connectivity index (χ4v) is 5.28. The van der Waals surface area contributed by atoms with E-state index in [0.717, 1.165) is 42.5 Å². The van der Waals surface area contributed by atoms with Gasteiger partial charge in [-0.05, 0) is 31.0 Å². The number of piperazine rings is 1. The first-order valence-electron chi connectivity index (χ1n) is 10.5. The maximum atomic E-state index is 13.0. The van der Waals surface area contributed by atoms with Gasteiger partial charge in [0.1, 0.15) is 17.5 Å². The molecule has 2 aromatic rings. The molecule has 8 nitrogen and oxygen atoms in total.